The van der Waals surface area contributed by atoms with E-state index >= 15 is 0 Å². The molecule has 3 N–H and O–H groups in total. The molecule has 0 spiro atoms. The zero-order valence-corrected chi connectivity index (χ0v) is 11.5. The van der Waals surface area contributed by atoms with Crippen molar-refractivity contribution in [2.24, 2.45) is 11.7 Å². The maximum atomic E-state index is 12.2. The fourth-order valence-electron chi connectivity index (χ4n) is 2.46. The zero-order valence-electron chi connectivity index (χ0n) is 9.89. The Morgan fingerprint density at radius 2 is 1.76 bits per heavy atom. The first-order chi connectivity index (χ1) is 8.00. The highest BCUT2D eigenvalue weighted by Crippen LogP contribution is 2.34. The predicted octanol–water partition coefficient (Wildman–Crippen LogP) is 1.30. The molecule has 2 saturated carbocycles. The Hall–Kier alpha value is -0.200. The van der Waals surface area contributed by atoms with Crippen LogP contribution in [-0.2, 0) is 10.0 Å². The summed E-state index contributed by atoms with van der Waals surface area (Å²) >= 11 is 4.95. The molecule has 98 valence electrons. The molecule has 2 fully saturated rings. The first-order valence-electron chi connectivity index (χ1n) is 6.31. The second kappa shape index (κ2) is 5.20. The van der Waals surface area contributed by atoms with Gasteiger partial charge in [0.2, 0.25) is 10.0 Å². The molecule has 2 aliphatic rings. The van der Waals surface area contributed by atoms with Crippen molar-refractivity contribution in [1.29, 1.82) is 0 Å². The Labute approximate surface area is 108 Å². The van der Waals surface area contributed by atoms with Gasteiger partial charge < -0.3 is 5.73 Å². The van der Waals surface area contributed by atoms with Crippen LogP contribution in [0.25, 0.3) is 0 Å². The number of hydrogen-bond acceptors (Lipinski definition) is 3. The predicted molar refractivity (Wildman–Crippen MR) is 72.2 cm³/mol. The molecule has 4 nitrogen and oxygen atoms in total. The highest BCUT2D eigenvalue weighted by Gasteiger charge is 2.38. The molecular weight excluding hydrogens is 256 g/mol. The summed E-state index contributed by atoms with van der Waals surface area (Å²) in [6, 6.07) is -0.322. The summed E-state index contributed by atoms with van der Waals surface area (Å²) in [6.07, 6.45) is 6.74. The molecule has 0 aromatic carbocycles. The fraction of sp³-hybridized carbons (Fsp3) is 0.909. The Kier molecular flexibility index (Phi) is 4.05. The van der Waals surface area contributed by atoms with Crippen molar-refractivity contribution in [3.63, 3.8) is 0 Å². The van der Waals surface area contributed by atoms with Gasteiger partial charge in [0.1, 0.15) is 0 Å². The highest BCUT2D eigenvalue weighted by atomic mass is 32.2. The summed E-state index contributed by atoms with van der Waals surface area (Å²) in [4.78, 5) is 0.284. The van der Waals surface area contributed by atoms with E-state index in [1.165, 1.54) is 0 Å². The number of sulfonamides is 1. The number of nitrogens with two attached hydrogens (primary N) is 1. The molecular formula is C11H20N2O2S2. The Bertz CT molecular complexity index is 384. The molecule has 6 heteroatoms. The van der Waals surface area contributed by atoms with E-state index in [-0.39, 0.29) is 16.3 Å². The van der Waals surface area contributed by atoms with Gasteiger partial charge in [0, 0.05) is 0 Å². The number of rotatable bonds is 5. The van der Waals surface area contributed by atoms with Crippen molar-refractivity contribution >= 4 is 27.2 Å². The summed E-state index contributed by atoms with van der Waals surface area (Å²) in [7, 11) is -3.25. The molecule has 0 saturated heterocycles. The Morgan fingerprint density at radius 3 is 2.24 bits per heavy atom. The van der Waals surface area contributed by atoms with Gasteiger partial charge in [-0.05, 0) is 31.6 Å². The molecule has 2 rings (SSSR count). The largest absolute Gasteiger partial charge is 0.392 e. The van der Waals surface area contributed by atoms with Crippen LogP contribution in [0.3, 0.4) is 0 Å². The van der Waals surface area contributed by atoms with E-state index in [1.54, 1.807) is 0 Å². The first kappa shape index (κ1) is 13.2. The van der Waals surface area contributed by atoms with Gasteiger partial charge >= 0.3 is 0 Å². The standard InChI is InChI=1S/C11H20N2O2S2/c12-11(16)10(8-6-7-8)13-17(14,15)9-4-2-1-3-5-9/h8-10,13H,1-7H2,(H2,12,16). The normalized spacial score (nSPS) is 24.5. The quantitative estimate of drug-likeness (QED) is 0.743. The molecule has 17 heavy (non-hydrogen) atoms. The van der Waals surface area contributed by atoms with Crippen LogP contribution in [0.1, 0.15) is 44.9 Å². The summed E-state index contributed by atoms with van der Waals surface area (Å²) in [5, 5.41) is -0.244. The molecule has 0 amide bonds. The molecule has 0 aromatic rings. The minimum atomic E-state index is -3.25. The maximum Gasteiger partial charge on any atom is 0.215 e. The van der Waals surface area contributed by atoms with Crippen LogP contribution in [-0.4, -0.2) is 24.7 Å². The van der Waals surface area contributed by atoms with Crippen LogP contribution >= 0.6 is 12.2 Å². The number of hydrogen-bond donors (Lipinski definition) is 2. The van der Waals surface area contributed by atoms with Crippen molar-refractivity contribution in [3.05, 3.63) is 0 Å². The second-order valence-corrected chi connectivity index (χ2v) is 7.60. The van der Waals surface area contributed by atoms with Crippen LogP contribution in [0.5, 0.6) is 0 Å². The van der Waals surface area contributed by atoms with E-state index in [0.717, 1.165) is 44.9 Å². The van der Waals surface area contributed by atoms with Crippen molar-refractivity contribution in [1.82, 2.24) is 4.72 Å². The van der Waals surface area contributed by atoms with E-state index in [9.17, 15) is 8.42 Å². The zero-order chi connectivity index (χ0) is 12.5. The van der Waals surface area contributed by atoms with Gasteiger partial charge in [0.15, 0.2) is 0 Å². The molecule has 1 unspecified atom stereocenters. The minimum absolute atomic E-state index is 0.244. The monoisotopic (exact) mass is 276 g/mol. The van der Waals surface area contributed by atoms with Gasteiger partial charge in [-0.25, -0.2) is 13.1 Å². The molecule has 0 aromatic heterocycles. The van der Waals surface area contributed by atoms with Crippen molar-refractivity contribution in [2.75, 3.05) is 0 Å². The minimum Gasteiger partial charge on any atom is -0.392 e. The molecule has 0 radical (unpaired) electrons. The summed E-state index contributed by atoms with van der Waals surface area (Å²) in [5.74, 6) is 0.325. The van der Waals surface area contributed by atoms with Crippen LogP contribution in [0.2, 0.25) is 0 Å². The summed E-state index contributed by atoms with van der Waals surface area (Å²) in [5.41, 5.74) is 5.62. The van der Waals surface area contributed by atoms with E-state index in [4.69, 9.17) is 18.0 Å². The summed E-state index contributed by atoms with van der Waals surface area (Å²) in [6.45, 7) is 0. The third-order valence-corrected chi connectivity index (χ3v) is 5.87. The lowest BCUT2D eigenvalue weighted by Gasteiger charge is -2.25. The molecule has 0 bridgehead atoms. The molecule has 0 heterocycles. The van der Waals surface area contributed by atoms with Gasteiger partial charge in [-0.2, -0.15) is 0 Å². The van der Waals surface area contributed by atoms with E-state index in [2.05, 4.69) is 4.72 Å². The smallest absolute Gasteiger partial charge is 0.215 e. The lowest BCUT2D eigenvalue weighted by Crippen LogP contribution is -2.48. The van der Waals surface area contributed by atoms with Crippen LogP contribution in [0.15, 0.2) is 0 Å². The Morgan fingerprint density at radius 1 is 1.18 bits per heavy atom. The van der Waals surface area contributed by atoms with Gasteiger partial charge in [-0.15, -0.1) is 0 Å². The second-order valence-electron chi connectivity index (χ2n) is 5.14. The van der Waals surface area contributed by atoms with Crippen LogP contribution in [0, 0.1) is 5.92 Å². The van der Waals surface area contributed by atoms with Crippen LogP contribution < -0.4 is 10.5 Å². The first-order valence-corrected chi connectivity index (χ1v) is 8.26. The van der Waals surface area contributed by atoms with Gasteiger partial charge in [-0.3, -0.25) is 0 Å². The van der Waals surface area contributed by atoms with E-state index in [1.807, 2.05) is 0 Å². The van der Waals surface area contributed by atoms with Gasteiger partial charge in [-0.1, -0.05) is 31.5 Å². The van der Waals surface area contributed by atoms with E-state index < -0.39 is 10.0 Å². The SMILES string of the molecule is NC(=S)C(NS(=O)(=O)C1CCCCC1)C1CC1. The molecule has 0 aliphatic heterocycles. The molecule has 2 aliphatic carbocycles. The van der Waals surface area contributed by atoms with Crippen molar-refractivity contribution in [2.45, 2.75) is 56.2 Å². The van der Waals surface area contributed by atoms with Gasteiger partial charge in [0.05, 0.1) is 16.3 Å². The van der Waals surface area contributed by atoms with Crippen molar-refractivity contribution in [3.8, 4) is 0 Å². The van der Waals surface area contributed by atoms with Gasteiger partial charge in [0.25, 0.3) is 0 Å². The third kappa shape index (κ3) is 3.39. The maximum absolute atomic E-state index is 12.2. The number of thiocarbonyl (C=S) groups is 1. The third-order valence-electron chi connectivity index (χ3n) is 3.68. The van der Waals surface area contributed by atoms with E-state index in [0.29, 0.717) is 5.92 Å². The lowest BCUT2D eigenvalue weighted by molar-refractivity contribution is 0.473. The topological polar surface area (TPSA) is 72.2 Å². The number of nitrogens with one attached hydrogen (secondary N) is 1. The van der Waals surface area contributed by atoms with Crippen molar-refractivity contribution < 1.29 is 8.42 Å². The average molecular weight is 276 g/mol. The fourth-order valence-corrected chi connectivity index (χ4v) is 4.61. The lowest BCUT2D eigenvalue weighted by atomic mass is 10.0. The molecule has 1 atom stereocenters. The summed E-state index contributed by atoms with van der Waals surface area (Å²) < 4.78 is 27.1. The average Bonchev–Trinajstić information content (AvgIpc) is 3.11. The highest BCUT2D eigenvalue weighted by molar-refractivity contribution is 7.90. The Balaban J connectivity index is 2.01. The van der Waals surface area contributed by atoms with Crippen LogP contribution in [0.4, 0.5) is 0 Å².